The van der Waals surface area contributed by atoms with Gasteiger partial charge in [-0.25, -0.2) is 0 Å². The van der Waals surface area contributed by atoms with Gasteiger partial charge in [0, 0.05) is 17.0 Å². The Labute approximate surface area is 128 Å². The molecule has 0 radical (unpaired) electrons. The highest BCUT2D eigenvalue weighted by atomic mass is 79.9. The topological polar surface area (TPSA) is 29.3 Å². The molecule has 2 N–H and O–H groups in total. The average molecular weight is 343 g/mol. The number of rotatable bonds is 3. The summed E-state index contributed by atoms with van der Waals surface area (Å²) in [4.78, 5) is 4.14. The number of thiophene rings is 1. The second-order valence-corrected chi connectivity index (χ2v) is 8.58. The van der Waals surface area contributed by atoms with Crippen molar-refractivity contribution in [3.63, 3.8) is 0 Å². The van der Waals surface area contributed by atoms with Gasteiger partial charge in [0.2, 0.25) is 0 Å². The van der Waals surface area contributed by atoms with Crippen LogP contribution >= 0.6 is 27.3 Å². The van der Waals surface area contributed by atoms with Crippen LogP contribution in [0.25, 0.3) is 0 Å². The quantitative estimate of drug-likeness (QED) is 0.893. The maximum atomic E-state index is 6.33. The van der Waals surface area contributed by atoms with Crippen LogP contribution < -0.4 is 5.73 Å². The van der Waals surface area contributed by atoms with Crippen molar-refractivity contribution >= 4 is 27.3 Å². The summed E-state index contributed by atoms with van der Waals surface area (Å²) >= 11 is 5.43. The average Bonchev–Trinajstić information content (AvgIpc) is 2.98. The molecule has 4 unspecified atom stereocenters. The van der Waals surface area contributed by atoms with Crippen molar-refractivity contribution in [1.82, 2.24) is 4.90 Å². The molecule has 1 aromatic rings. The van der Waals surface area contributed by atoms with Gasteiger partial charge in [0.25, 0.3) is 0 Å². The van der Waals surface area contributed by atoms with E-state index in [1.807, 2.05) is 11.3 Å². The summed E-state index contributed by atoms with van der Waals surface area (Å²) in [7, 11) is 0. The molecule has 0 amide bonds. The van der Waals surface area contributed by atoms with Gasteiger partial charge < -0.3 is 5.73 Å². The van der Waals surface area contributed by atoms with Crippen molar-refractivity contribution in [3.8, 4) is 0 Å². The van der Waals surface area contributed by atoms with Gasteiger partial charge >= 0.3 is 0 Å². The highest BCUT2D eigenvalue weighted by Crippen LogP contribution is 2.43. The second kappa shape index (κ2) is 5.84. The zero-order valence-corrected chi connectivity index (χ0v) is 13.9. The lowest BCUT2D eigenvalue weighted by Crippen LogP contribution is -2.43. The molecule has 1 aliphatic heterocycles. The van der Waals surface area contributed by atoms with E-state index in [0.29, 0.717) is 6.04 Å². The Morgan fingerprint density at radius 3 is 2.79 bits per heavy atom. The van der Waals surface area contributed by atoms with Crippen molar-refractivity contribution in [3.05, 3.63) is 20.8 Å². The molecule has 106 valence electrons. The maximum Gasteiger partial charge on any atom is 0.0702 e. The minimum absolute atomic E-state index is 0.200. The Kier molecular flexibility index (Phi) is 4.32. The van der Waals surface area contributed by atoms with Crippen molar-refractivity contribution in [2.75, 3.05) is 6.54 Å². The summed E-state index contributed by atoms with van der Waals surface area (Å²) < 4.78 is 1.22. The molecule has 4 atom stereocenters. The van der Waals surface area contributed by atoms with Crippen molar-refractivity contribution in [2.45, 2.75) is 57.2 Å². The minimum Gasteiger partial charge on any atom is -0.326 e. The molecule has 4 heteroatoms. The molecule has 2 nitrogen and oxygen atoms in total. The number of likely N-dealkylation sites (tertiary alicyclic amines) is 1. The summed E-state index contributed by atoms with van der Waals surface area (Å²) in [6.07, 6.45) is 7.02. The zero-order chi connectivity index (χ0) is 13.4. The molecule has 1 aliphatic carbocycles. The first-order valence-electron chi connectivity index (χ1n) is 7.43. The Morgan fingerprint density at radius 2 is 2.11 bits per heavy atom. The fourth-order valence-corrected chi connectivity index (χ4v) is 5.66. The predicted molar refractivity (Wildman–Crippen MR) is 85.5 cm³/mol. The summed E-state index contributed by atoms with van der Waals surface area (Å²) in [5.41, 5.74) is 6.33. The van der Waals surface area contributed by atoms with Crippen LogP contribution in [0.2, 0.25) is 0 Å². The first kappa shape index (κ1) is 14.1. The van der Waals surface area contributed by atoms with Crippen LogP contribution in [0.4, 0.5) is 0 Å². The van der Waals surface area contributed by atoms with Gasteiger partial charge in [-0.1, -0.05) is 12.8 Å². The van der Waals surface area contributed by atoms with Crippen molar-refractivity contribution < 1.29 is 0 Å². The van der Waals surface area contributed by atoms with Crippen LogP contribution in [0, 0.1) is 5.92 Å². The summed E-state index contributed by atoms with van der Waals surface area (Å²) in [5.74, 6) is 0.929. The lowest BCUT2D eigenvalue weighted by Gasteiger charge is -2.38. The molecule has 0 bridgehead atoms. The second-order valence-electron chi connectivity index (χ2n) is 6.08. The van der Waals surface area contributed by atoms with E-state index >= 15 is 0 Å². The first-order chi connectivity index (χ1) is 9.16. The third-order valence-electron chi connectivity index (χ3n) is 4.79. The van der Waals surface area contributed by atoms with Crippen LogP contribution in [-0.4, -0.2) is 23.5 Å². The minimum atomic E-state index is 0.200. The van der Waals surface area contributed by atoms with E-state index in [2.05, 4.69) is 39.9 Å². The Morgan fingerprint density at radius 1 is 1.32 bits per heavy atom. The molecule has 1 saturated heterocycles. The predicted octanol–water partition coefficient (Wildman–Crippen LogP) is 4.16. The van der Waals surface area contributed by atoms with E-state index in [0.717, 1.165) is 12.0 Å². The highest BCUT2D eigenvalue weighted by Gasteiger charge is 2.40. The molecular formula is C15H23BrN2S. The fourth-order valence-electron chi connectivity index (χ4n) is 4.00. The molecular weight excluding hydrogens is 320 g/mol. The van der Waals surface area contributed by atoms with Crippen LogP contribution in [0.5, 0.6) is 0 Å². The molecule has 0 spiro atoms. The van der Waals surface area contributed by atoms with Gasteiger partial charge in [-0.2, -0.15) is 0 Å². The fraction of sp³-hybridized carbons (Fsp3) is 0.733. The van der Waals surface area contributed by atoms with Gasteiger partial charge in [-0.05, 0) is 66.7 Å². The number of fused-ring (bicyclic) bond motifs is 1. The normalized spacial score (nSPS) is 31.1. The monoisotopic (exact) mass is 342 g/mol. The van der Waals surface area contributed by atoms with Crippen LogP contribution in [0.1, 0.15) is 49.9 Å². The van der Waals surface area contributed by atoms with E-state index < -0.39 is 0 Å². The van der Waals surface area contributed by atoms with Gasteiger partial charge in [0.1, 0.15) is 0 Å². The van der Waals surface area contributed by atoms with Crippen molar-refractivity contribution in [2.24, 2.45) is 11.7 Å². The van der Waals surface area contributed by atoms with E-state index in [-0.39, 0.29) is 6.04 Å². The first-order valence-corrected chi connectivity index (χ1v) is 9.04. The van der Waals surface area contributed by atoms with Gasteiger partial charge in [-0.15, -0.1) is 11.3 Å². The third kappa shape index (κ3) is 2.78. The Balaban J connectivity index is 1.84. The molecule has 3 rings (SSSR count). The highest BCUT2D eigenvalue weighted by molar-refractivity contribution is 9.11. The summed E-state index contributed by atoms with van der Waals surface area (Å²) in [6, 6.07) is 5.80. The zero-order valence-electron chi connectivity index (χ0n) is 11.5. The van der Waals surface area contributed by atoms with E-state index in [9.17, 15) is 0 Å². The molecule has 2 heterocycles. The molecule has 1 saturated carbocycles. The molecule has 2 fully saturated rings. The van der Waals surface area contributed by atoms with Crippen molar-refractivity contribution in [1.29, 1.82) is 0 Å². The van der Waals surface area contributed by atoms with Crippen LogP contribution in [0.3, 0.4) is 0 Å². The number of nitrogens with zero attached hydrogens (tertiary/aromatic N) is 1. The largest absolute Gasteiger partial charge is 0.326 e. The SMILES string of the molecule is CC(N)C(c1ccc(Br)s1)N1CCC2CCCCC21. The molecule has 19 heavy (non-hydrogen) atoms. The number of nitrogens with two attached hydrogens (primary N) is 1. The Bertz CT molecular complexity index is 432. The standard InChI is InChI=1S/C15H23BrN2S/c1-10(17)15(13-6-7-14(16)19-13)18-9-8-11-4-2-3-5-12(11)18/h6-7,10-12,15H,2-5,8-9,17H2,1H3. The van der Waals surface area contributed by atoms with Crippen LogP contribution in [-0.2, 0) is 0 Å². The van der Waals surface area contributed by atoms with Crippen LogP contribution in [0.15, 0.2) is 15.9 Å². The maximum absolute atomic E-state index is 6.33. The smallest absolute Gasteiger partial charge is 0.0702 e. The summed E-state index contributed by atoms with van der Waals surface area (Å²) in [6.45, 7) is 3.39. The lowest BCUT2D eigenvalue weighted by molar-refractivity contribution is 0.121. The molecule has 2 aliphatic rings. The van der Waals surface area contributed by atoms with E-state index in [1.54, 1.807) is 0 Å². The van der Waals surface area contributed by atoms with Gasteiger partial charge in [0.05, 0.1) is 9.83 Å². The summed E-state index contributed by atoms with van der Waals surface area (Å²) in [5, 5.41) is 0. The van der Waals surface area contributed by atoms with Gasteiger partial charge in [0.15, 0.2) is 0 Å². The third-order valence-corrected chi connectivity index (χ3v) is 6.49. The number of hydrogen-bond donors (Lipinski definition) is 1. The molecule has 1 aromatic heterocycles. The number of hydrogen-bond acceptors (Lipinski definition) is 3. The van der Waals surface area contributed by atoms with E-state index in [1.165, 1.54) is 47.3 Å². The number of halogens is 1. The van der Waals surface area contributed by atoms with E-state index in [4.69, 9.17) is 5.73 Å². The Hall–Kier alpha value is 0.1000. The van der Waals surface area contributed by atoms with Gasteiger partial charge in [-0.3, -0.25) is 4.90 Å². The lowest BCUT2D eigenvalue weighted by atomic mass is 9.84. The molecule has 0 aromatic carbocycles.